The van der Waals surface area contributed by atoms with Gasteiger partial charge in [-0.2, -0.15) is 0 Å². The lowest BCUT2D eigenvalue weighted by atomic mass is 10.2. The maximum Gasteiger partial charge on any atom is 0.241 e. The van der Waals surface area contributed by atoms with Gasteiger partial charge >= 0.3 is 0 Å². The Hall–Kier alpha value is -1.11. The lowest BCUT2D eigenvalue weighted by molar-refractivity contribution is 0.173. The van der Waals surface area contributed by atoms with E-state index in [1.807, 2.05) is 6.92 Å². The molecule has 0 aliphatic carbocycles. The standard InChI is InChI=1S/C12H20N2O3S/c1-4-11(8-17-3)14-18(15,16)12-6-5-10(13)7-9(12)2/h5-7,11,14H,4,8,13H2,1-3H3. The fraction of sp³-hybridized carbons (Fsp3) is 0.500. The number of aryl methyl sites for hydroxylation is 1. The Morgan fingerprint density at radius 3 is 2.61 bits per heavy atom. The predicted molar refractivity (Wildman–Crippen MR) is 71.9 cm³/mol. The van der Waals surface area contributed by atoms with Crippen LogP contribution in [0.15, 0.2) is 23.1 Å². The molecular formula is C12H20N2O3S. The zero-order chi connectivity index (χ0) is 13.8. The van der Waals surface area contributed by atoms with Crippen LogP contribution in [0.1, 0.15) is 18.9 Å². The summed E-state index contributed by atoms with van der Waals surface area (Å²) in [6, 6.07) is 4.52. The van der Waals surface area contributed by atoms with Crippen molar-refractivity contribution in [3.63, 3.8) is 0 Å². The van der Waals surface area contributed by atoms with Crippen LogP contribution in [-0.4, -0.2) is 28.2 Å². The van der Waals surface area contributed by atoms with Gasteiger partial charge in [-0.25, -0.2) is 13.1 Å². The fourth-order valence-electron chi connectivity index (χ4n) is 1.69. The average Bonchev–Trinajstić information content (AvgIpc) is 2.27. The van der Waals surface area contributed by atoms with Gasteiger partial charge in [-0.3, -0.25) is 0 Å². The number of nitrogens with one attached hydrogen (secondary N) is 1. The van der Waals surface area contributed by atoms with Crippen molar-refractivity contribution in [2.45, 2.75) is 31.2 Å². The van der Waals surface area contributed by atoms with E-state index in [1.165, 1.54) is 6.07 Å². The van der Waals surface area contributed by atoms with E-state index < -0.39 is 10.0 Å². The van der Waals surface area contributed by atoms with E-state index in [2.05, 4.69) is 4.72 Å². The molecule has 6 heteroatoms. The lowest BCUT2D eigenvalue weighted by Crippen LogP contribution is -2.37. The highest BCUT2D eigenvalue weighted by atomic mass is 32.2. The van der Waals surface area contributed by atoms with Crippen LogP contribution in [0, 0.1) is 6.92 Å². The number of rotatable bonds is 6. The van der Waals surface area contributed by atoms with Gasteiger partial charge in [-0.15, -0.1) is 0 Å². The highest BCUT2D eigenvalue weighted by molar-refractivity contribution is 7.89. The van der Waals surface area contributed by atoms with Gasteiger partial charge < -0.3 is 10.5 Å². The number of benzene rings is 1. The lowest BCUT2D eigenvalue weighted by Gasteiger charge is -2.17. The summed E-state index contributed by atoms with van der Waals surface area (Å²) < 4.78 is 32.0. The van der Waals surface area contributed by atoms with Crippen molar-refractivity contribution < 1.29 is 13.2 Å². The molecular weight excluding hydrogens is 252 g/mol. The predicted octanol–water partition coefficient (Wildman–Crippen LogP) is 1.28. The van der Waals surface area contributed by atoms with Gasteiger partial charge in [0, 0.05) is 18.8 Å². The number of hydrogen-bond donors (Lipinski definition) is 2. The van der Waals surface area contributed by atoms with Crippen molar-refractivity contribution in [3.05, 3.63) is 23.8 Å². The Kier molecular flexibility index (Phi) is 5.13. The highest BCUT2D eigenvalue weighted by Crippen LogP contribution is 2.18. The molecule has 1 aromatic rings. The van der Waals surface area contributed by atoms with Gasteiger partial charge in [0.15, 0.2) is 0 Å². The summed E-state index contributed by atoms with van der Waals surface area (Å²) in [5.41, 5.74) is 6.80. The Bertz CT molecular complexity index is 500. The molecule has 5 nitrogen and oxygen atoms in total. The maximum atomic E-state index is 12.2. The minimum Gasteiger partial charge on any atom is -0.399 e. The summed E-state index contributed by atoms with van der Waals surface area (Å²) in [5, 5.41) is 0. The maximum absolute atomic E-state index is 12.2. The Balaban J connectivity index is 2.99. The zero-order valence-electron chi connectivity index (χ0n) is 10.9. The highest BCUT2D eigenvalue weighted by Gasteiger charge is 2.20. The number of sulfonamides is 1. The molecule has 1 unspecified atom stereocenters. The molecule has 0 aliphatic rings. The Morgan fingerprint density at radius 1 is 1.44 bits per heavy atom. The van der Waals surface area contributed by atoms with E-state index in [9.17, 15) is 8.42 Å². The summed E-state index contributed by atoms with van der Waals surface area (Å²) in [4.78, 5) is 0.256. The van der Waals surface area contributed by atoms with Crippen molar-refractivity contribution in [1.82, 2.24) is 4.72 Å². The summed E-state index contributed by atoms with van der Waals surface area (Å²) in [6.45, 7) is 3.98. The molecule has 0 fully saturated rings. The second kappa shape index (κ2) is 6.17. The van der Waals surface area contributed by atoms with Crippen LogP contribution in [0.4, 0.5) is 5.69 Å². The van der Waals surface area contributed by atoms with E-state index in [0.29, 0.717) is 24.3 Å². The average molecular weight is 272 g/mol. The van der Waals surface area contributed by atoms with Crippen LogP contribution in [0.25, 0.3) is 0 Å². The minimum absolute atomic E-state index is 0.225. The fourth-order valence-corrected chi connectivity index (χ4v) is 3.22. The first kappa shape index (κ1) is 14.9. The van der Waals surface area contributed by atoms with Crippen LogP contribution >= 0.6 is 0 Å². The number of nitrogen functional groups attached to an aromatic ring is 1. The van der Waals surface area contributed by atoms with E-state index in [-0.39, 0.29) is 10.9 Å². The number of nitrogens with two attached hydrogens (primary N) is 1. The van der Waals surface area contributed by atoms with Gasteiger partial charge in [-0.05, 0) is 37.1 Å². The second-order valence-corrected chi connectivity index (χ2v) is 5.89. The van der Waals surface area contributed by atoms with E-state index in [4.69, 9.17) is 10.5 Å². The molecule has 0 heterocycles. The third-order valence-electron chi connectivity index (χ3n) is 2.67. The van der Waals surface area contributed by atoms with Crippen LogP contribution in [0.5, 0.6) is 0 Å². The summed E-state index contributed by atoms with van der Waals surface area (Å²) >= 11 is 0. The van der Waals surface area contributed by atoms with Gasteiger partial charge in [-0.1, -0.05) is 6.92 Å². The molecule has 0 saturated carbocycles. The van der Waals surface area contributed by atoms with E-state index in [0.717, 1.165) is 0 Å². The number of anilines is 1. The third-order valence-corrected chi connectivity index (χ3v) is 4.35. The molecule has 1 rings (SSSR count). The zero-order valence-corrected chi connectivity index (χ0v) is 11.8. The quantitative estimate of drug-likeness (QED) is 0.764. The monoisotopic (exact) mass is 272 g/mol. The van der Waals surface area contributed by atoms with Gasteiger partial charge in [0.2, 0.25) is 10.0 Å². The second-order valence-electron chi connectivity index (χ2n) is 4.21. The third kappa shape index (κ3) is 3.69. The molecule has 3 N–H and O–H groups in total. The molecule has 0 saturated heterocycles. The number of methoxy groups -OCH3 is 1. The van der Waals surface area contributed by atoms with Crippen LogP contribution in [0.3, 0.4) is 0 Å². The van der Waals surface area contributed by atoms with E-state index >= 15 is 0 Å². The molecule has 0 amide bonds. The molecule has 102 valence electrons. The molecule has 1 atom stereocenters. The molecule has 0 aromatic heterocycles. The number of hydrogen-bond acceptors (Lipinski definition) is 4. The van der Waals surface area contributed by atoms with Crippen molar-refractivity contribution >= 4 is 15.7 Å². The van der Waals surface area contributed by atoms with Crippen LogP contribution < -0.4 is 10.5 Å². The van der Waals surface area contributed by atoms with Crippen molar-refractivity contribution in [3.8, 4) is 0 Å². The normalized spacial score (nSPS) is 13.5. The topological polar surface area (TPSA) is 81.4 Å². The Labute approximate surface area is 108 Å². The first-order valence-electron chi connectivity index (χ1n) is 5.78. The molecule has 18 heavy (non-hydrogen) atoms. The first-order valence-corrected chi connectivity index (χ1v) is 7.26. The molecule has 1 aromatic carbocycles. The van der Waals surface area contributed by atoms with Crippen molar-refractivity contribution in [2.24, 2.45) is 0 Å². The molecule has 0 bridgehead atoms. The largest absolute Gasteiger partial charge is 0.399 e. The SMILES string of the molecule is CCC(COC)NS(=O)(=O)c1ccc(N)cc1C. The molecule has 0 radical (unpaired) electrons. The summed E-state index contributed by atoms with van der Waals surface area (Å²) in [5.74, 6) is 0. The summed E-state index contributed by atoms with van der Waals surface area (Å²) in [7, 11) is -1.98. The first-order chi connectivity index (χ1) is 8.40. The van der Waals surface area contributed by atoms with Crippen molar-refractivity contribution in [2.75, 3.05) is 19.5 Å². The Morgan fingerprint density at radius 2 is 2.11 bits per heavy atom. The van der Waals surface area contributed by atoms with Crippen LogP contribution in [0.2, 0.25) is 0 Å². The van der Waals surface area contributed by atoms with E-state index in [1.54, 1.807) is 26.2 Å². The van der Waals surface area contributed by atoms with Crippen LogP contribution in [-0.2, 0) is 14.8 Å². The molecule has 0 spiro atoms. The summed E-state index contributed by atoms with van der Waals surface area (Å²) in [6.07, 6.45) is 0.668. The van der Waals surface area contributed by atoms with Gasteiger partial charge in [0.05, 0.1) is 11.5 Å². The molecule has 0 aliphatic heterocycles. The smallest absolute Gasteiger partial charge is 0.241 e. The van der Waals surface area contributed by atoms with Gasteiger partial charge in [0.1, 0.15) is 0 Å². The minimum atomic E-state index is -3.53. The van der Waals surface area contributed by atoms with Gasteiger partial charge in [0.25, 0.3) is 0 Å². The van der Waals surface area contributed by atoms with Crippen molar-refractivity contribution in [1.29, 1.82) is 0 Å². The number of ether oxygens (including phenoxy) is 1.